The zero-order valence-corrected chi connectivity index (χ0v) is 10.2. The van der Waals surface area contributed by atoms with Crippen molar-refractivity contribution >= 4 is 11.0 Å². The number of hydrogen-bond donors (Lipinski definition) is 2. The lowest BCUT2D eigenvalue weighted by Crippen LogP contribution is -2.30. The van der Waals surface area contributed by atoms with Gasteiger partial charge in [0.2, 0.25) is 0 Å². The number of H-pyrrole nitrogens is 1. The summed E-state index contributed by atoms with van der Waals surface area (Å²) in [4.78, 5) is 9.80. The number of fused-ring (bicyclic) bond motifs is 1. The first-order chi connectivity index (χ1) is 7.61. The summed E-state index contributed by atoms with van der Waals surface area (Å²) in [5, 5.41) is 3.28. The van der Waals surface area contributed by atoms with E-state index in [1.807, 2.05) is 14.0 Å². The van der Waals surface area contributed by atoms with Crippen molar-refractivity contribution in [3.63, 3.8) is 0 Å². The third-order valence-corrected chi connectivity index (χ3v) is 2.73. The lowest BCUT2D eigenvalue weighted by Gasteiger charge is -2.23. The van der Waals surface area contributed by atoms with Gasteiger partial charge in [0.15, 0.2) is 0 Å². The normalized spacial score (nSPS) is 13.6. The highest BCUT2D eigenvalue weighted by molar-refractivity contribution is 5.75. The molecule has 1 heterocycles. The van der Waals surface area contributed by atoms with Crippen molar-refractivity contribution in [2.24, 2.45) is 0 Å². The first-order valence-electron chi connectivity index (χ1n) is 5.42. The molecule has 0 saturated heterocycles. The van der Waals surface area contributed by atoms with Crippen molar-refractivity contribution in [3.8, 4) is 0 Å². The minimum Gasteiger partial charge on any atom is -0.342 e. The highest BCUT2D eigenvalue weighted by Crippen LogP contribution is 2.19. The summed E-state index contributed by atoms with van der Waals surface area (Å²) in [6.45, 7) is 1.97. The molecule has 16 heavy (non-hydrogen) atoms. The van der Waals surface area contributed by atoms with Crippen molar-refractivity contribution in [1.82, 2.24) is 20.2 Å². The summed E-state index contributed by atoms with van der Waals surface area (Å²) in [7, 11) is 6.08. The summed E-state index contributed by atoms with van der Waals surface area (Å²) in [6, 6.07) is 6.32. The van der Waals surface area contributed by atoms with Crippen molar-refractivity contribution in [3.05, 3.63) is 29.6 Å². The average molecular weight is 218 g/mol. The van der Waals surface area contributed by atoms with Gasteiger partial charge in [0.05, 0.1) is 17.2 Å². The molecule has 0 aliphatic heterocycles. The van der Waals surface area contributed by atoms with E-state index in [-0.39, 0.29) is 6.17 Å². The van der Waals surface area contributed by atoms with Gasteiger partial charge < -0.3 is 10.3 Å². The number of aromatic amines is 1. The number of aromatic nitrogens is 2. The van der Waals surface area contributed by atoms with Gasteiger partial charge >= 0.3 is 0 Å². The van der Waals surface area contributed by atoms with E-state index >= 15 is 0 Å². The molecule has 0 amide bonds. The Kier molecular flexibility index (Phi) is 2.94. The zero-order valence-electron chi connectivity index (χ0n) is 10.2. The van der Waals surface area contributed by atoms with Crippen LogP contribution in [0.1, 0.15) is 17.6 Å². The van der Waals surface area contributed by atoms with E-state index in [1.54, 1.807) is 0 Å². The largest absolute Gasteiger partial charge is 0.342 e. The van der Waals surface area contributed by atoms with Gasteiger partial charge in [-0.15, -0.1) is 0 Å². The fourth-order valence-electron chi connectivity index (χ4n) is 2.05. The lowest BCUT2D eigenvalue weighted by atomic mass is 10.1. The standard InChI is InChI=1S/C12H18N4/c1-8-14-10-6-5-9(7-11(10)15-8)12(13-2)16(3)4/h5-7,12-13H,1-4H3,(H,14,15). The molecule has 1 aromatic heterocycles. The molecule has 0 radical (unpaired) electrons. The molecule has 0 aliphatic rings. The third kappa shape index (κ3) is 1.94. The van der Waals surface area contributed by atoms with Gasteiger partial charge in [0.25, 0.3) is 0 Å². The smallest absolute Gasteiger partial charge is 0.104 e. The minimum absolute atomic E-state index is 0.230. The van der Waals surface area contributed by atoms with Crippen molar-refractivity contribution in [2.45, 2.75) is 13.1 Å². The molecule has 2 N–H and O–H groups in total. The van der Waals surface area contributed by atoms with E-state index in [4.69, 9.17) is 0 Å². The molecule has 4 nitrogen and oxygen atoms in total. The second-order valence-electron chi connectivity index (χ2n) is 4.25. The molecule has 86 valence electrons. The average Bonchev–Trinajstić information content (AvgIpc) is 2.57. The number of imidazole rings is 1. The van der Waals surface area contributed by atoms with Crippen LogP contribution in [0.5, 0.6) is 0 Å². The number of nitrogens with one attached hydrogen (secondary N) is 2. The second-order valence-corrected chi connectivity index (χ2v) is 4.25. The summed E-state index contributed by atoms with van der Waals surface area (Å²) < 4.78 is 0. The summed E-state index contributed by atoms with van der Waals surface area (Å²) in [6.07, 6.45) is 0.230. The van der Waals surface area contributed by atoms with Crippen LogP contribution in [-0.4, -0.2) is 36.0 Å². The highest BCUT2D eigenvalue weighted by Gasteiger charge is 2.12. The predicted molar refractivity (Wildman–Crippen MR) is 66.3 cm³/mol. The van der Waals surface area contributed by atoms with Crippen LogP contribution in [0.2, 0.25) is 0 Å². The number of benzene rings is 1. The van der Waals surface area contributed by atoms with Crippen molar-refractivity contribution < 1.29 is 0 Å². The maximum Gasteiger partial charge on any atom is 0.104 e. The molecule has 0 bridgehead atoms. The van der Waals surface area contributed by atoms with Crippen LogP contribution in [0, 0.1) is 6.92 Å². The van der Waals surface area contributed by atoms with Crippen LogP contribution >= 0.6 is 0 Å². The number of aryl methyl sites for hydroxylation is 1. The van der Waals surface area contributed by atoms with Crippen molar-refractivity contribution in [1.29, 1.82) is 0 Å². The van der Waals surface area contributed by atoms with Gasteiger partial charge in [-0.3, -0.25) is 4.90 Å². The van der Waals surface area contributed by atoms with Crippen LogP contribution in [-0.2, 0) is 0 Å². The Morgan fingerprint density at radius 1 is 1.38 bits per heavy atom. The first-order valence-corrected chi connectivity index (χ1v) is 5.42. The topological polar surface area (TPSA) is 44.0 Å². The summed E-state index contributed by atoms with van der Waals surface area (Å²) in [5.41, 5.74) is 3.36. The number of rotatable bonds is 3. The molecule has 0 fully saturated rings. The van der Waals surface area contributed by atoms with Gasteiger partial charge in [-0.05, 0) is 45.8 Å². The van der Waals surface area contributed by atoms with E-state index in [0.717, 1.165) is 16.9 Å². The Morgan fingerprint density at radius 3 is 2.75 bits per heavy atom. The molecule has 0 spiro atoms. The molecular weight excluding hydrogens is 200 g/mol. The SMILES string of the molecule is CNC(c1ccc2nc(C)[nH]c2c1)N(C)C. The van der Waals surface area contributed by atoms with E-state index in [0.29, 0.717) is 0 Å². The molecule has 1 aromatic carbocycles. The van der Waals surface area contributed by atoms with Gasteiger partial charge in [0, 0.05) is 0 Å². The second kappa shape index (κ2) is 4.23. The van der Waals surface area contributed by atoms with Crippen LogP contribution in [0.25, 0.3) is 11.0 Å². The van der Waals surface area contributed by atoms with Crippen LogP contribution in [0.4, 0.5) is 0 Å². The third-order valence-electron chi connectivity index (χ3n) is 2.73. The maximum absolute atomic E-state index is 4.39. The van der Waals surface area contributed by atoms with Gasteiger partial charge in [-0.25, -0.2) is 4.98 Å². The Balaban J connectivity index is 2.44. The summed E-state index contributed by atoms with van der Waals surface area (Å²) >= 11 is 0. The molecular formula is C12H18N4. The van der Waals surface area contributed by atoms with E-state index in [1.165, 1.54) is 5.56 Å². The van der Waals surface area contributed by atoms with E-state index < -0.39 is 0 Å². The van der Waals surface area contributed by atoms with Crippen LogP contribution in [0.15, 0.2) is 18.2 Å². The summed E-state index contributed by atoms with van der Waals surface area (Å²) in [5.74, 6) is 0.956. The minimum atomic E-state index is 0.230. The Bertz CT molecular complexity index is 487. The van der Waals surface area contributed by atoms with Crippen LogP contribution in [0.3, 0.4) is 0 Å². The Morgan fingerprint density at radius 2 is 2.12 bits per heavy atom. The van der Waals surface area contributed by atoms with Crippen LogP contribution < -0.4 is 5.32 Å². The Labute approximate surface area is 95.7 Å². The zero-order chi connectivity index (χ0) is 11.7. The lowest BCUT2D eigenvalue weighted by molar-refractivity contribution is 0.265. The van der Waals surface area contributed by atoms with Gasteiger partial charge in [-0.2, -0.15) is 0 Å². The predicted octanol–water partition coefficient (Wildman–Crippen LogP) is 1.65. The Hall–Kier alpha value is -1.39. The van der Waals surface area contributed by atoms with Crippen molar-refractivity contribution in [2.75, 3.05) is 21.1 Å². The monoisotopic (exact) mass is 218 g/mol. The number of hydrogen-bond acceptors (Lipinski definition) is 3. The number of nitrogens with zero attached hydrogens (tertiary/aromatic N) is 2. The van der Waals surface area contributed by atoms with Gasteiger partial charge in [-0.1, -0.05) is 6.07 Å². The van der Waals surface area contributed by atoms with Gasteiger partial charge in [0.1, 0.15) is 5.82 Å². The molecule has 4 heteroatoms. The van der Waals surface area contributed by atoms with E-state index in [9.17, 15) is 0 Å². The molecule has 2 aromatic rings. The fourth-order valence-corrected chi connectivity index (χ4v) is 2.05. The van der Waals surface area contributed by atoms with E-state index in [2.05, 4.69) is 52.5 Å². The molecule has 2 rings (SSSR count). The molecule has 0 saturated carbocycles. The highest BCUT2D eigenvalue weighted by atomic mass is 15.2. The quantitative estimate of drug-likeness (QED) is 0.770. The fraction of sp³-hybridized carbons (Fsp3) is 0.417. The molecule has 0 aliphatic carbocycles. The first kappa shape index (κ1) is 11.1. The molecule has 1 atom stereocenters. The maximum atomic E-state index is 4.39. The molecule has 1 unspecified atom stereocenters.